The first-order valence-corrected chi connectivity index (χ1v) is 5.09. The Morgan fingerprint density at radius 1 is 1.50 bits per heavy atom. The van der Waals surface area contributed by atoms with Crippen LogP contribution in [0.5, 0.6) is 0 Å². The van der Waals surface area contributed by atoms with Crippen LogP contribution >= 0.6 is 0 Å². The van der Waals surface area contributed by atoms with Gasteiger partial charge < -0.3 is 5.11 Å². The maximum Gasteiger partial charge on any atom is 0.307 e. The van der Waals surface area contributed by atoms with Crippen LogP contribution in [-0.4, -0.2) is 17.3 Å². The molecule has 16 heavy (non-hydrogen) atoms. The number of nitrogens with zero attached hydrogens (tertiary/aromatic N) is 1. The van der Waals surface area contributed by atoms with Gasteiger partial charge in [-0.2, -0.15) is 0 Å². The summed E-state index contributed by atoms with van der Waals surface area (Å²) < 4.78 is 0. The number of carboxylic acids is 1. The Morgan fingerprint density at radius 2 is 2.25 bits per heavy atom. The molecule has 84 valence electrons. The maximum atomic E-state index is 10.7. The van der Waals surface area contributed by atoms with E-state index in [0.717, 1.165) is 16.7 Å². The molecule has 0 aliphatic rings. The topological polar surface area (TPSA) is 49.7 Å². The van der Waals surface area contributed by atoms with Crippen LogP contribution in [0.1, 0.15) is 23.6 Å². The average Bonchev–Trinajstić information content (AvgIpc) is 2.21. The highest BCUT2D eigenvalue weighted by Gasteiger charge is 2.06. The van der Waals surface area contributed by atoms with Crippen molar-refractivity contribution >= 4 is 18.3 Å². The second kappa shape index (κ2) is 5.85. The fourth-order valence-corrected chi connectivity index (χ4v) is 1.50. The Bertz CT molecular complexity index is 434. The molecule has 0 saturated carbocycles. The Morgan fingerprint density at radius 3 is 2.88 bits per heavy atom. The third kappa shape index (κ3) is 3.35. The number of hydrogen-bond donors (Lipinski definition) is 1. The monoisotopic (exact) mass is 217 g/mol. The second-order valence-electron chi connectivity index (χ2n) is 3.44. The zero-order valence-corrected chi connectivity index (χ0v) is 9.47. The second-order valence-corrected chi connectivity index (χ2v) is 3.44. The van der Waals surface area contributed by atoms with Crippen LogP contribution in [0.25, 0.3) is 6.08 Å². The van der Waals surface area contributed by atoms with E-state index in [1.54, 1.807) is 12.4 Å². The van der Waals surface area contributed by atoms with Gasteiger partial charge in [0.2, 0.25) is 0 Å². The Kier molecular flexibility index (Phi) is 4.45. The molecule has 0 radical (unpaired) electrons. The van der Waals surface area contributed by atoms with Gasteiger partial charge in [-0.25, -0.2) is 0 Å². The first kappa shape index (κ1) is 12.2. The van der Waals surface area contributed by atoms with Gasteiger partial charge in [0.1, 0.15) is 0 Å². The van der Waals surface area contributed by atoms with E-state index in [2.05, 4.69) is 4.99 Å². The minimum atomic E-state index is -0.820. The van der Waals surface area contributed by atoms with Crippen LogP contribution in [0, 0.1) is 6.92 Å². The SMILES string of the molecule is CC=N/C=C\c1c(C)cccc1CC(=O)O. The average molecular weight is 217 g/mol. The summed E-state index contributed by atoms with van der Waals surface area (Å²) in [4.78, 5) is 14.7. The summed E-state index contributed by atoms with van der Waals surface area (Å²) in [7, 11) is 0. The van der Waals surface area contributed by atoms with Crippen molar-refractivity contribution in [2.45, 2.75) is 20.3 Å². The minimum Gasteiger partial charge on any atom is -0.481 e. The number of aliphatic carboxylic acids is 1. The minimum absolute atomic E-state index is 0.0389. The van der Waals surface area contributed by atoms with Crippen LogP contribution in [0.15, 0.2) is 29.4 Å². The van der Waals surface area contributed by atoms with Gasteiger partial charge in [-0.15, -0.1) is 0 Å². The Hall–Kier alpha value is -1.90. The molecule has 1 N–H and O–H groups in total. The highest BCUT2D eigenvalue weighted by Crippen LogP contribution is 2.16. The lowest BCUT2D eigenvalue weighted by Crippen LogP contribution is -2.02. The molecule has 0 atom stereocenters. The van der Waals surface area contributed by atoms with Crippen molar-refractivity contribution in [3.8, 4) is 0 Å². The van der Waals surface area contributed by atoms with Gasteiger partial charge >= 0.3 is 5.97 Å². The van der Waals surface area contributed by atoms with Crippen molar-refractivity contribution in [2.24, 2.45) is 4.99 Å². The lowest BCUT2D eigenvalue weighted by molar-refractivity contribution is -0.136. The van der Waals surface area contributed by atoms with Crippen molar-refractivity contribution in [1.82, 2.24) is 0 Å². The predicted molar refractivity (Wildman–Crippen MR) is 65.7 cm³/mol. The fourth-order valence-electron chi connectivity index (χ4n) is 1.50. The number of hydrogen-bond acceptors (Lipinski definition) is 2. The molecular formula is C13H15NO2. The van der Waals surface area contributed by atoms with Crippen molar-refractivity contribution < 1.29 is 9.90 Å². The summed E-state index contributed by atoms with van der Waals surface area (Å²) in [5.74, 6) is -0.820. The molecule has 0 aliphatic carbocycles. The van der Waals surface area contributed by atoms with Gasteiger partial charge in [0.05, 0.1) is 6.42 Å². The molecule has 0 heterocycles. The third-order valence-electron chi connectivity index (χ3n) is 2.23. The lowest BCUT2D eigenvalue weighted by Gasteiger charge is -2.06. The van der Waals surface area contributed by atoms with E-state index in [9.17, 15) is 4.79 Å². The molecule has 3 heteroatoms. The van der Waals surface area contributed by atoms with E-state index in [4.69, 9.17) is 5.11 Å². The lowest BCUT2D eigenvalue weighted by atomic mass is 9.99. The molecule has 1 aromatic carbocycles. The summed E-state index contributed by atoms with van der Waals surface area (Å²) >= 11 is 0. The summed E-state index contributed by atoms with van der Waals surface area (Å²) in [5.41, 5.74) is 2.81. The van der Waals surface area contributed by atoms with E-state index in [0.29, 0.717) is 0 Å². The highest BCUT2D eigenvalue weighted by atomic mass is 16.4. The Balaban J connectivity index is 3.07. The first-order chi connectivity index (χ1) is 7.65. The van der Waals surface area contributed by atoms with E-state index in [-0.39, 0.29) is 6.42 Å². The zero-order chi connectivity index (χ0) is 12.0. The molecule has 0 saturated heterocycles. The normalized spacial score (nSPS) is 11.4. The molecule has 3 nitrogen and oxygen atoms in total. The number of carbonyl (C=O) groups is 1. The quantitative estimate of drug-likeness (QED) is 0.788. The predicted octanol–water partition coefficient (Wildman–Crippen LogP) is 2.68. The fraction of sp³-hybridized carbons (Fsp3) is 0.231. The van der Waals surface area contributed by atoms with E-state index in [1.165, 1.54) is 0 Å². The van der Waals surface area contributed by atoms with Gasteiger partial charge in [0.15, 0.2) is 0 Å². The summed E-state index contributed by atoms with van der Waals surface area (Å²) in [6.45, 7) is 3.79. The zero-order valence-electron chi connectivity index (χ0n) is 9.47. The molecule has 0 aromatic heterocycles. The number of aryl methyl sites for hydroxylation is 1. The van der Waals surface area contributed by atoms with Gasteiger partial charge in [0.25, 0.3) is 0 Å². The summed E-state index contributed by atoms with van der Waals surface area (Å²) in [5, 5.41) is 8.80. The number of benzene rings is 1. The van der Waals surface area contributed by atoms with Crippen molar-refractivity contribution in [3.05, 3.63) is 41.1 Å². The number of rotatable bonds is 4. The smallest absolute Gasteiger partial charge is 0.307 e. The first-order valence-electron chi connectivity index (χ1n) is 5.09. The van der Waals surface area contributed by atoms with E-state index >= 15 is 0 Å². The van der Waals surface area contributed by atoms with E-state index < -0.39 is 5.97 Å². The molecule has 0 fully saturated rings. The van der Waals surface area contributed by atoms with Gasteiger partial charge in [-0.05, 0) is 36.6 Å². The maximum absolute atomic E-state index is 10.7. The summed E-state index contributed by atoms with van der Waals surface area (Å²) in [6.07, 6.45) is 5.24. The molecule has 0 aliphatic heterocycles. The van der Waals surface area contributed by atoms with Crippen LogP contribution in [0.3, 0.4) is 0 Å². The highest BCUT2D eigenvalue weighted by molar-refractivity contribution is 5.73. The van der Waals surface area contributed by atoms with Crippen LogP contribution in [-0.2, 0) is 11.2 Å². The number of carboxylic acid groups (broad SMARTS) is 1. The molecule has 0 bridgehead atoms. The standard InChI is InChI=1S/C13H15NO2/c1-3-14-8-7-12-10(2)5-4-6-11(12)9-13(15)16/h3-8H,9H2,1-2H3,(H,15,16)/b8-7-,14-3?. The molecule has 0 spiro atoms. The van der Waals surface area contributed by atoms with Gasteiger partial charge in [-0.3, -0.25) is 9.79 Å². The Labute approximate surface area is 95.1 Å². The molecule has 0 amide bonds. The van der Waals surface area contributed by atoms with Gasteiger partial charge in [0, 0.05) is 12.4 Å². The molecule has 1 rings (SSSR count). The number of aliphatic imine (C=N–C) groups is 1. The van der Waals surface area contributed by atoms with E-state index in [1.807, 2.05) is 38.1 Å². The van der Waals surface area contributed by atoms with Crippen molar-refractivity contribution in [3.63, 3.8) is 0 Å². The van der Waals surface area contributed by atoms with Crippen LogP contribution in [0.4, 0.5) is 0 Å². The van der Waals surface area contributed by atoms with Crippen LogP contribution in [0.2, 0.25) is 0 Å². The summed E-state index contributed by atoms with van der Waals surface area (Å²) in [6, 6.07) is 5.66. The third-order valence-corrected chi connectivity index (χ3v) is 2.23. The molecule has 1 aromatic rings. The molecule has 0 unspecified atom stereocenters. The van der Waals surface area contributed by atoms with Crippen molar-refractivity contribution in [2.75, 3.05) is 0 Å². The van der Waals surface area contributed by atoms with Gasteiger partial charge in [-0.1, -0.05) is 18.2 Å². The van der Waals surface area contributed by atoms with Crippen molar-refractivity contribution in [1.29, 1.82) is 0 Å². The molecular weight excluding hydrogens is 202 g/mol. The largest absolute Gasteiger partial charge is 0.481 e. The van der Waals surface area contributed by atoms with Crippen LogP contribution < -0.4 is 0 Å².